The summed E-state index contributed by atoms with van der Waals surface area (Å²) in [4.78, 5) is 36.4. The Hall–Kier alpha value is -1.79. The average molecular weight is 387 g/mol. The number of rotatable bonds is 7. The van der Waals surface area contributed by atoms with Crippen LogP contribution in [0.3, 0.4) is 0 Å². The second-order valence-corrected chi connectivity index (χ2v) is 6.97. The fourth-order valence-corrected chi connectivity index (χ4v) is 3.08. The molecule has 1 aromatic carbocycles. The van der Waals surface area contributed by atoms with Crippen LogP contribution in [-0.2, 0) is 14.4 Å². The standard InChI is InChI=1S/C17H20Cl2N2O4/c1-9(17(24)25)21(6-5-20-10(2)22)16(23)13-8-12(13)11-3-4-14(18)15(19)7-11/h3-4,7,9,12-13H,5-6,8H2,1-2H3,(H,20,22)(H,24,25). The quantitative estimate of drug-likeness (QED) is 0.753. The summed E-state index contributed by atoms with van der Waals surface area (Å²) in [6.07, 6.45) is 0.639. The Bertz CT molecular complexity index is 695. The highest BCUT2D eigenvalue weighted by Gasteiger charge is 2.47. The van der Waals surface area contributed by atoms with Gasteiger partial charge in [-0.2, -0.15) is 0 Å². The predicted octanol–water partition coefficient (Wildman–Crippen LogP) is 2.53. The molecule has 0 aromatic heterocycles. The van der Waals surface area contributed by atoms with Crippen LogP contribution in [0.4, 0.5) is 0 Å². The fraction of sp³-hybridized carbons (Fsp3) is 0.471. The first kappa shape index (κ1) is 19.5. The third kappa shape index (κ3) is 4.86. The number of benzene rings is 1. The van der Waals surface area contributed by atoms with Crippen molar-refractivity contribution in [3.8, 4) is 0 Å². The molecule has 25 heavy (non-hydrogen) atoms. The van der Waals surface area contributed by atoms with Crippen molar-refractivity contribution in [2.45, 2.75) is 32.2 Å². The molecule has 0 heterocycles. The van der Waals surface area contributed by atoms with Crippen LogP contribution in [0.5, 0.6) is 0 Å². The number of hydrogen-bond donors (Lipinski definition) is 2. The maximum atomic E-state index is 12.8. The first-order chi connectivity index (χ1) is 11.7. The minimum absolute atomic E-state index is 0.00604. The van der Waals surface area contributed by atoms with Gasteiger partial charge in [-0.25, -0.2) is 4.79 Å². The summed E-state index contributed by atoms with van der Waals surface area (Å²) in [5.41, 5.74) is 0.914. The first-order valence-corrected chi connectivity index (χ1v) is 8.70. The molecule has 1 fully saturated rings. The van der Waals surface area contributed by atoms with E-state index >= 15 is 0 Å². The molecule has 2 amide bonds. The molecule has 1 aromatic rings. The number of nitrogens with zero attached hydrogens (tertiary/aromatic N) is 1. The van der Waals surface area contributed by atoms with Crippen LogP contribution in [0.2, 0.25) is 10.0 Å². The summed E-state index contributed by atoms with van der Waals surface area (Å²) in [6.45, 7) is 3.19. The number of aliphatic carboxylic acids is 1. The smallest absolute Gasteiger partial charge is 0.326 e. The molecule has 8 heteroatoms. The number of nitrogens with one attached hydrogen (secondary N) is 1. The summed E-state index contributed by atoms with van der Waals surface area (Å²) >= 11 is 11.9. The largest absolute Gasteiger partial charge is 0.480 e. The van der Waals surface area contributed by atoms with Crippen LogP contribution in [0.25, 0.3) is 0 Å². The zero-order chi connectivity index (χ0) is 18.7. The van der Waals surface area contributed by atoms with Crippen molar-refractivity contribution < 1.29 is 19.5 Å². The van der Waals surface area contributed by atoms with E-state index in [-0.39, 0.29) is 36.7 Å². The number of carboxylic acid groups (broad SMARTS) is 1. The normalized spacial score (nSPS) is 19.8. The molecule has 0 aliphatic heterocycles. The van der Waals surface area contributed by atoms with E-state index in [9.17, 15) is 19.5 Å². The molecule has 0 bridgehead atoms. The highest BCUT2D eigenvalue weighted by atomic mass is 35.5. The average Bonchev–Trinajstić information content (AvgIpc) is 3.33. The minimum Gasteiger partial charge on any atom is -0.480 e. The topological polar surface area (TPSA) is 86.7 Å². The van der Waals surface area contributed by atoms with E-state index in [1.165, 1.54) is 18.7 Å². The van der Waals surface area contributed by atoms with E-state index in [4.69, 9.17) is 23.2 Å². The molecular formula is C17H20Cl2N2O4. The van der Waals surface area contributed by atoms with Gasteiger partial charge in [0.15, 0.2) is 0 Å². The molecule has 136 valence electrons. The SMILES string of the molecule is CC(=O)NCCN(C(=O)C1CC1c1ccc(Cl)c(Cl)c1)C(C)C(=O)O. The molecule has 6 nitrogen and oxygen atoms in total. The van der Waals surface area contributed by atoms with Gasteiger partial charge in [0.05, 0.1) is 10.0 Å². The number of carbonyl (C=O) groups excluding carboxylic acids is 2. The van der Waals surface area contributed by atoms with E-state index in [1.54, 1.807) is 12.1 Å². The lowest BCUT2D eigenvalue weighted by molar-refractivity contribution is -0.150. The van der Waals surface area contributed by atoms with Gasteiger partial charge in [-0.3, -0.25) is 9.59 Å². The predicted molar refractivity (Wildman–Crippen MR) is 94.8 cm³/mol. The summed E-state index contributed by atoms with van der Waals surface area (Å²) in [5.74, 6) is -1.81. The molecule has 0 spiro atoms. The van der Waals surface area contributed by atoms with Gasteiger partial charge < -0.3 is 15.3 Å². The number of carboxylic acids is 1. The Labute approximate surface area is 156 Å². The van der Waals surface area contributed by atoms with Gasteiger partial charge in [-0.1, -0.05) is 29.3 Å². The lowest BCUT2D eigenvalue weighted by Crippen LogP contribution is -2.47. The highest BCUT2D eigenvalue weighted by molar-refractivity contribution is 6.42. The minimum atomic E-state index is -1.08. The van der Waals surface area contributed by atoms with Gasteiger partial charge in [0, 0.05) is 25.9 Å². The Morgan fingerprint density at radius 1 is 1.32 bits per heavy atom. The van der Waals surface area contributed by atoms with Gasteiger partial charge in [0.2, 0.25) is 11.8 Å². The van der Waals surface area contributed by atoms with Crippen molar-refractivity contribution in [2.24, 2.45) is 5.92 Å². The number of amides is 2. The van der Waals surface area contributed by atoms with Crippen molar-refractivity contribution in [3.63, 3.8) is 0 Å². The molecule has 2 N–H and O–H groups in total. The zero-order valence-corrected chi connectivity index (χ0v) is 15.5. The van der Waals surface area contributed by atoms with Crippen LogP contribution in [-0.4, -0.2) is 46.9 Å². The lowest BCUT2D eigenvalue weighted by Gasteiger charge is -2.27. The summed E-state index contributed by atoms with van der Waals surface area (Å²) in [7, 11) is 0. The third-order valence-electron chi connectivity index (χ3n) is 4.31. The second-order valence-electron chi connectivity index (χ2n) is 6.15. The van der Waals surface area contributed by atoms with Crippen molar-refractivity contribution in [2.75, 3.05) is 13.1 Å². The molecular weight excluding hydrogens is 367 g/mol. The molecule has 1 aliphatic carbocycles. The van der Waals surface area contributed by atoms with E-state index < -0.39 is 12.0 Å². The van der Waals surface area contributed by atoms with E-state index in [0.717, 1.165) is 5.56 Å². The van der Waals surface area contributed by atoms with Crippen molar-refractivity contribution >= 4 is 41.0 Å². The summed E-state index contributed by atoms with van der Waals surface area (Å²) in [6, 6.07) is 4.29. The molecule has 3 atom stereocenters. The van der Waals surface area contributed by atoms with E-state index in [1.807, 2.05) is 6.07 Å². The Kier molecular flexibility index (Phi) is 6.30. The van der Waals surface area contributed by atoms with Crippen molar-refractivity contribution in [1.82, 2.24) is 10.2 Å². The van der Waals surface area contributed by atoms with E-state index in [2.05, 4.69) is 5.32 Å². The zero-order valence-electron chi connectivity index (χ0n) is 14.0. The van der Waals surface area contributed by atoms with Crippen LogP contribution in [0.1, 0.15) is 31.7 Å². The lowest BCUT2D eigenvalue weighted by atomic mass is 10.1. The molecule has 1 saturated carbocycles. The highest BCUT2D eigenvalue weighted by Crippen LogP contribution is 2.49. The molecule has 1 aliphatic rings. The molecule has 0 radical (unpaired) electrons. The maximum absolute atomic E-state index is 12.8. The summed E-state index contributed by atoms with van der Waals surface area (Å²) in [5, 5.41) is 12.7. The Balaban J connectivity index is 2.07. The van der Waals surface area contributed by atoms with Gasteiger partial charge in [-0.05, 0) is 37.0 Å². The van der Waals surface area contributed by atoms with Crippen molar-refractivity contribution in [3.05, 3.63) is 33.8 Å². The van der Waals surface area contributed by atoms with Crippen LogP contribution < -0.4 is 5.32 Å². The number of carbonyl (C=O) groups is 3. The molecule has 3 unspecified atom stereocenters. The Morgan fingerprint density at radius 2 is 2.00 bits per heavy atom. The number of hydrogen-bond acceptors (Lipinski definition) is 3. The van der Waals surface area contributed by atoms with Crippen LogP contribution in [0, 0.1) is 5.92 Å². The van der Waals surface area contributed by atoms with Crippen LogP contribution in [0.15, 0.2) is 18.2 Å². The van der Waals surface area contributed by atoms with Gasteiger partial charge in [-0.15, -0.1) is 0 Å². The molecule has 2 rings (SSSR count). The van der Waals surface area contributed by atoms with Gasteiger partial charge >= 0.3 is 5.97 Å². The van der Waals surface area contributed by atoms with Crippen LogP contribution >= 0.6 is 23.2 Å². The number of halogens is 2. The maximum Gasteiger partial charge on any atom is 0.326 e. The molecule has 0 saturated heterocycles. The summed E-state index contributed by atoms with van der Waals surface area (Å²) < 4.78 is 0. The Morgan fingerprint density at radius 3 is 2.56 bits per heavy atom. The first-order valence-electron chi connectivity index (χ1n) is 7.95. The van der Waals surface area contributed by atoms with E-state index in [0.29, 0.717) is 16.5 Å². The van der Waals surface area contributed by atoms with Gasteiger partial charge in [0.25, 0.3) is 0 Å². The second kappa shape index (κ2) is 8.06. The third-order valence-corrected chi connectivity index (χ3v) is 5.05. The van der Waals surface area contributed by atoms with Gasteiger partial charge in [0.1, 0.15) is 6.04 Å². The monoisotopic (exact) mass is 386 g/mol. The fourth-order valence-electron chi connectivity index (χ4n) is 2.77. The van der Waals surface area contributed by atoms with Crippen molar-refractivity contribution in [1.29, 1.82) is 0 Å².